The molecule has 2 unspecified atom stereocenters. The molecule has 0 bridgehead atoms. The van der Waals surface area contributed by atoms with Gasteiger partial charge >= 0.3 is 0 Å². The third-order valence-electron chi connectivity index (χ3n) is 5.02. The van der Waals surface area contributed by atoms with E-state index in [2.05, 4.69) is 5.32 Å². The lowest BCUT2D eigenvalue weighted by Crippen LogP contribution is -2.52. The van der Waals surface area contributed by atoms with Crippen LogP contribution in [0.3, 0.4) is 0 Å². The average molecular weight is 368 g/mol. The maximum Gasteiger partial charge on any atom is 0.243 e. The SMILES string of the molecule is CCC(C)C(N)C(=O)NC1CCN(S(=O)(=O)c2ccc(C)cc2)CC1. The molecule has 2 rings (SSSR count). The highest BCUT2D eigenvalue weighted by Gasteiger charge is 2.31. The van der Waals surface area contributed by atoms with E-state index in [1.54, 1.807) is 24.3 Å². The third kappa shape index (κ3) is 4.80. The minimum absolute atomic E-state index is 0.0212. The zero-order valence-electron chi connectivity index (χ0n) is 15.2. The summed E-state index contributed by atoms with van der Waals surface area (Å²) >= 11 is 0. The van der Waals surface area contributed by atoms with E-state index < -0.39 is 16.1 Å². The molecule has 2 atom stereocenters. The van der Waals surface area contributed by atoms with Crippen molar-refractivity contribution in [3.63, 3.8) is 0 Å². The Balaban J connectivity index is 1.93. The van der Waals surface area contributed by atoms with Crippen LogP contribution in [-0.2, 0) is 14.8 Å². The van der Waals surface area contributed by atoms with Crippen molar-refractivity contribution >= 4 is 15.9 Å². The lowest BCUT2D eigenvalue weighted by atomic mass is 9.98. The second kappa shape index (κ2) is 8.29. The van der Waals surface area contributed by atoms with Crippen molar-refractivity contribution in [1.29, 1.82) is 0 Å². The van der Waals surface area contributed by atoms with Gasteiger partial charge in [0, 0.05) is 19.1 Å². The zero-order chi connectivity index (χ0) is 18.6. The number of aryl methyl sites for hydroxylation is 1. The summed E-state index contributed by atoms with van der Waals surface area (Å²) in [5.74, 6) is -0.0174. The lowest BCUT2D eigenvalue weighted by Gasteiger charge is -2.32. The van der Waals surface area contributed by atoms with Gasteiger partial charge in [-0.3, -0.25) is 4.79 Å². The highest BCUT2D eigenvalue weighted by Crippen LogP contribution is 2.21. The highest BCUT2D eigenvalue weighted by molar-refractivity contribution is 7.89. The van der Waals surface area contributed by atoms with Gasteiger partial charge in [0.2, 0.25) is 15.9 Å². The first-order valence-corrected chi connectivity index (χ1v) is 10.3. The van der Waals surface area contributed by atoms with Crippen LogP contribution in [0, 0.1) is 12.8 Å². The number of benzene rings is 1. The van der Waals surface area contributed by atoms with Crippen LogP contribution in [0.4, 0.5) is 0 Å². The van der Waals surface area contributed by atoms with Crippen LogP contribution in [0.25, 0.3) is 0 Å². The van der Waals surface area contributed by atoms with E-state index in [1.165, 1.54) is 4.31 Å². The van der Waals surface area contributed by atoms with E-state index in [1.807, 2.05) is 20.8 Å². The number of nitrogens with one attached hydrogen (secondary N) is 1. The number of amides is 1. The molecule has 25 heavy (non-hydrogen) atoms. The molecule has 1 heterocycles. The van der Waals surface area contributed by atoms with E-state index in [9.17, 15) is 13.2 Å². The summed E-state index contributed by atoms with van der Waals surface area (Å²) in [6.07, 6.45) is 2.05. The van der Waals surface area contributed by atoms with Crippen molar-refractivity contribution in [3.05, 3.63) is 29.8 Å². The van der Waals surface area contributed by atoms with Crippen molar-refractivity contribution in [3.8, 4) is 0 Å². The molecule has 1 aliphatic rings. The Kier molecular flexibility index (Phi) is 6.59. The molecule has 1 amide bonds. The molecular formula is C18H29N3O3S. The quantitative estimate of drug-likeness (QED) is 0.799. The molecule has 1 fully saturated rings. The van der Waals surface area contributed by atoms with Gasteiger partial charge in [-0.2, -0.15) is 4.31 Å². The van der Waals surface area contributed by atoms with Crippen molar-refractivity contribution in [2.24, 2.45) is 11.7 Å². The van der Waals surface area contributed by atoms with E-state index in [0.717, 1.165) is 12.0 Å². The average Bonchev–Trinajstić information content (AvgIpc) is 2.61. The van der Waals surface area contributed by atoms with Crippen molar-refractivity contribution in [2.45, 2.75) is 57.0 Å². The highest BCUT2D eigenvalue weighted by atomic mass is 32.2. The first-order chi connectivity index (χ1) is 11.8. The summed E-state index contributed by atoms with van der Waals surface area (Å²) in [5, 5.41) is 2.97. The maximum atomic E-state index is 12.7. The normalized spacial score (nSPS) is 19.4. The zero-order valence-corrected chi connectivity index (χ0v) is 16.1. The smallest absolute Gasteiger partial charge is 0.243 e. The van der Waals surface area contributed by atoms with Gasteiger partial charge in [0.05, 0.1) is 10.9 Å². The predicted molar refractivity (Wildman–Crippen MR) is 98.5 cm³/mol. The van der Waals surface area contributed by atoms with Crippen LogP contribution in [0.15, 0.2) is 29.2 Å². The summed E-state index contributed by atoms with van der Waals surface area (Å²) in [6.45, 7) is 6.70. The third-order valence-corrected chi connectivity index (χ3v) is 6.93. The van der Waals surface area contributed by atoms with Gasteiger partial charge in [-0.1, -0.05) is 38.0 Å². The predicted octanol–water partition coefficient (Wildman–Crippen LogP) is 1.64. The molecule has 6 nitrogen and oxygen atoms in total. The van der Waals surface area contributed by atoms with Gasteiger partial charge in [0.25, 0.3) is 0 Å². The Morgan fingerprint density at radius 1 is 1.28 bits per heavy atom. The van der Waals surface area contributed by atoms with Gasteiger partial charge in [-0.15, -0.1) is 0 Å². The van der Waals surface area contributed by atoms with Crippen LogP contribution in [0.1, 0.15) is 38.7 Å². The Bertz CT molecular complexity index is 680. The Morgan fingerprint density at radius 2 is 1.84 bits per heavy atom. The van der Waals surface area contributed by atoms with Crippen LogP contribution in [0.2, 0.25) is 0 Å². The number of carbonyl (C=O) groups is 1. The van der Waals surface area contributed by atoms with Gasteiger partial charge in [-0.05, 0) is 37.8 Å². The number of carbonyl (C=O) groups excluding carboxylic acids is 1. The molecule has 0 radical (unpaired) electrons. The second-order valence-corrected chi connectivity index (χ2v) is 8.85. The fourth-order valence-corrected chi connectivity index (χ4v) is 4.38. The van der Waals surface area contributed by atoms with Gasteiger partial charge < -0.3 is 11.1 Å². The van der Waals surface area contributed by atoms with E-state index >= 15 is 0 Å². The first-order valence-electron chi connectivity index (χ1n) is 8.88. The maximum absolute atomic E-state index is 12.7. The second-order valence-electron chi connectivity index (χ2n) is 6.91. The van der Waals surface area contributed by atoms with Gasteiger partial charge in [0.15, 0.2) is 0 Å². The first kappa shape index (κ1) is 19.9. The minimum Gasteiger partial charge on any atom is -0.352 e. The molecular weight excluding hydrogens is 338 g/mol. The summed E-state index contributed by atoms with van der Waals surface area (Å²) in [5.41, 5.74) is 6.98. The monoisotopic (exact) mass is 367 g/mol. The largest absolute Gasteiger partial charge is 0.352 e. The topological polar surface area (TPSA) is 92.5 Å². The fourth-order valence-electron chi connectivity index (χ4n) is 2.91. The summed E-state index contributed by atoms with van der Waals surface area (Å²) in [7, 11) is -3.47. The number of hydrogen-bond donors (Lipinski definition) is 2. The van der Waals surface area contributed by atoms with Crippen LogP contribution in [-0.4, -0.2) is 43.8 Å². The number of rotatable bonds is 6. The molecule has 1 aromatic carbocycles. The molecule has 140 valence electrons. The number of nitrogens with zero attached hydrogens (tertiary/aromatic N) is 1. The summed E-state index contributed by atoms with van der Waals surface area (Å²) < 4.78 is 26.9. The van der Waals surface area contributed by atoms with Crippen molar-refractivity contribution in [1.82, 2.24) is 9.62 Å². The van der Waals surface area contributed by atoms with Gasteiger partial charge in [-0.25, -0.2) is 8.42 Å². The van der Waals surface area contributed by atoms with Gasteiger partial charge in [0.1, 0.15) is 0 Å². The summed E-state index contributed by atoms with van der Waals surface area (Å²) in [6, 6.07) is 6.35. The number of hydrogen-bond acceptors (Lipinski definition) is 4. The molecule has 1 aromatic rings. The number of nitrogens with two attached hydrogens (primary N) is 1. The van der Waals surface area contributed by atoms with E-state index in [4.69, 9.17) is 5.73 Å². The van der Waals surface area contributed by atoms with Crippen LogP contribution >= 0.6 is 0 Å². The Labute approximate surface area is 150 Å². The molecule has 0 spiro atoms. The standard InChI is InChI=1S/C18H29N3O3S/c1-4-14(3)17(19)18(22)20-15-9-11-21(12-10-15)25(23,24)16-7-5-13(2)6-8-16/h5-8,14-15,17H,4,9-12,19H2,1-3H3,(H,20,22). The molecule has 1 aliphatic heterocycles. The van der Waals surface area contributed by atoms with E-state index in [0.29, 0.717) is 30.8 Å². The molecule has 0 aromatic heterocycles. The Morgan fingerprint density at radius 3 is 2.36 bits per heavy atom. The van der Waals surface area contributed by atoms with E-state index in [-0.39, 0.29) is 17.9 Å². The number of sulfonamides is 1. The van der Waals surface area contributed by atoms with Crippen LogP contribution < -0.4 is 11.1 Å². The molecule has 1 saturated heterocycles. The molecule has 7 heteroatoms. The Hall–Kier alpha value is -1.44. The summed E-state index contributed by atoms with van der Waals surface area (Å²) in [4.78, 5) is 12.5. The molecule has 0 aliphatic carbocycles. The molecule has 3 N–H and O–H groups in total. The van der Waals surface area contributed by atoms with Crippen LogP contribution in [0.5, 0.6) is 0 Å². The van der Waals surface area contributed by atoms with Crippen molar-refractivity contribution < 1.29 is 13.2 Å². The fraction of sp³-hybridized carbons (Fsp3) is 0.611. The lowest BCUT2D eigenvalue weighted by molar-refractivity contribution is -0.124. The molecule has 0 saturated carbocycles. The van der Waals surface area contributed by atoms with Crippen molar-refractivity contribution in [2.75, 3.05) is 13.1 Å². The minimum atomic E-state index is -3.47. The number of piperidine rings is 1.